The van der Waals surface area contributed by atoms with Crippen LogP contribution in [0.3, 0.4) is 0 Å². The lowest BCUT2D eigenvalue weighted by molar-refractivity contribution is -0.109. The van der Waals surface area contributed by atoms with Gasteiger partial charge in [-0.15, -0.1) is 0 Å². The summed E-state index contributed by atoms with van der Waals surface area (Å²) in [6.45, 7) is 1.64. The molecule has 0 unspecified atom stereocenters. The first-order valence-corrected chi connectivity index (χ1v) is 5.56. The molecule has 0 aromatic heterocycles. The topological polar surface area (TPSA) is 17.1 Å². The van der Waals surface area contributed by atoms with E-state index in [1.165, 1.54) is 37.4 Å². The Morgan fingerprint density at radius 3 is 3.00 bits per heavy atom. The lowest BCUT2D eigenvalue weighted by Gasteiger charge is -2.16. The Morgan fingerprint density at radius 1 is 1.58 bits per heavy atom. The third kappa shape index (κ3) is 3.96. The van der Waals surface area contributed by atoms with Crippen LogP contribution in [0.4, 0.5) is 0 Å². The van der Waals surface area contributed by atoms with Crippen LogP contribution in [0.25, 0.3) is 0 Å². The van der Waals surface area contributed by atoms with Crippen molar-refractivity contribution in [1.29, 1.82) is 0 Å². The molecule has 12 heavy (non-hydrogen) atoms. The van der Waals surface area contributed by atoms with Gasteiger partial charge in [-0.05, 0) is 31.6 Å². The second-order valence-corrected chi connectivity index (χ2v) is 4.55. The molecule has 0 saturated heterocycles. The lowest BCUT2D eigenvalue weighted by atomic mass is 9.92. The Kier molecular flexibility index (Phi) is 4.44. The van der Waals surface area contributed by atoms with Crippen LogP contribution < -0.4 is 0 Å². The van der Waals surface area contributed by atoms with Crippen LogP contribution in [0.1, 0.15) is 32.6 Å². The fourth-order valence-electron chi connectivity index (χ4n) is 1.49. The summed E-state index contributed by atoms with van der Waals surface area (Å²) in [6, 6.07) is 0. The number of hydrogen-bond acceptors (Lipinski definition) is 2. The van der Waals surface area contributed by atoms with Crippen LogP contribution in [-0.2, 0) is 4.79 Å². The summed E-state index contributed by atoms with van der Waals surface area (Å²) in [5.41, 5.74) is 0. The van der Waals surface area contributed by atoms with Crippen LogP contribution >= 0.6 is 11.8 Å². The maximum atomic E-state index is 10.6. The molecule has 0 aromatic rings. The molecule has 1 atom stereocenters. The van der Waals surface area contributed by atoms with E-state index in [0.717, 1.165) is 11.7 Å². The second kappa shape index (κ2) is 5.41. The van der Waals surface area contributed by atoms with Gasteiger partial charge in [-0.1, -0.05) is 23.9 Å². The number of allylic oxidation sites excluding steroid dienone is 2. The maximum absolute atomic E-state index is 10.6. The van der Waals surface area contributed by atoms with Gasteiger partial charge in [-0.25, -0.2) is 0 Å². The van der Waals surface area contributed by atoms with Gasteiger partial charge in [0.2, 0.25) is 0 Å². The van der Waals surface area contributed by atoms with Gasteiger partial charge >= 0.3 is 0 Å². The fraction of sp³-hybridized carbons (Fsp3) is 0.700. The van der Waals surface area contributed by atoms with Crippen molar-refractivity contribution < 1.29 is 4.79 Å². The van der Waals surface area contributed by atoms with Gasteiger partial charge in [0.25, 0.3) is 0 Å². The zero-order valence-electron chi connectivity index (χ0n) is 7.58. The number of rotatable bonds is 3. The van der Waals surface area contributed by atoms with Gasteiger partial charge in [0.15, 0.2) is 5.12 Å². The average Bonchev–Trinajstić information content (AvgIpc) is 2.05. The molecule has 0 bridgehead atoms. The molecule has 0 heterocycles. The molecule has 0 fully saturated rings. The number of hydrogen-bond donors (Lipinski definition) is 0. The molecule has 2 heteroatoms. The van der Waals surface area contributed by atoms with E-state index in [2.05, 4.69) is 12.2 Å². The summed E-state index contributed by atoms with van der Waals surface area (Å²) in [5.74, 6) is 1.84. The highest BCUT2D eigenvalue weighted by molar-refractivity contribution is 8.13. The van der Waals surface area contributed by atoms with Gasteiger partial charge in [0.05, 0.1) is 0 Å². The monoisotopic (exact) mass is 184 g/mol. The molecule has 68 valence electrons. The van der Waals surface area contributed by atoms with E-state index in [4.69, 9.17) is 0 Å². The number of thioether (sulfide) groups is 1. The van der Waals surface area contributed by atoms with Crippen molar-refractivity contribution in [1.82, 2.24) is 0 Å². The molecule has 1 aliphatic rings. The van der Waals surface area contributed by atoms with Gasteiger partial charge in [0.1, 0.15) is 0 Å². The van der Waals surface area contributed by atoms with Crippen molar-refractivity contribution in [3.8, 4) is 0 Å². The van der Waals surface area contributed by atoms with Gasteiger partial charge in [-0.2, -0.15) is 0 Å². The Morgan fingerprint density at radius 2 is 2.42 bits per heavy atom. The minimum absolute atomic E-state index is 0.251. The molecule has 0 spiro atoms. The highest BCUT2D eigenvalue weighted by atomic mass is 32.2. The first-order valence-electron chi connectivity index (χ1n) is 4.57. The SMILES string of the molecule is CC(=O)SCC[C@H]1CC=CCC1. The second-order valence-electron chi connectivity index (χ2n) is 3.28. The third-order valence-corrected chi connectivity index (χ3v) is 3.06. The zero-order chi connectivity index (χ0) is 8.81. The summed E-state index contributed by atoms with van der Waals surface area (Å²) < 4.78 is 0. The highest BCUT2D eigenvalue weighted by Gasteiger charge is 2.09. The zero-order valence-corrected chi connectivity index (χ0v) is 8.40. The van der Waals surface area contributed by atoms with Crippen molar-refractivity contribution in [2.24, 2.45) is 5.92 Å². The Hall–Kier alpha value is -0.240. The van der Waals surface area contributed by atoms with Crippen molar-refractivity contribution in [3.05, 3.63) is 12.2 Å². The van der Waals surface area contributed by atoms with Crippen LogP contribution in [0.2, 0.25) is 0 Å². The summed E-state index contributed by atoms with van der Waals surface area (Å²) in [4.78, 5) is 10.6. The minimum atomic E-state index is 0.251. The molecule has 0 aliphatic heterocycles. The summed E-state index contributed by atoms with van der Waals surface area (Å²) >= 11 is 1.46. The van der Waals surface area contributed by atoms with E-state index >= 15 is 0 Å². The summed E-state index contributed by atoms with van der Waals surface area (Å²) in [5, 5.41) is 0.251. The molecule has 0 saturated carbocycles. The van der Waals surface area contributed by atoms with Crippen LogP contribution in [-0.4, -0.2) is 10.9 Å². The highest BCUT2D eigenvalue weighted by Crippen LogP contribution is 2.23. The van der Waals surface area contributed by atoms with E-state index < -0.39 is 0 Å². The van der Waals surface area contributed by atoms with Gasteiger partial charge in [0, 0.05) is 12.7 Å². The molecule has 1 nitrogen and oxygen atoms in total. The van der Waals surface area contributed by atoms with Gasteiger partial charge < -0.3 is 0 Å². The quantitative estimate of drug-likeness (QED) is 0.627. The number of carbonyl (C=O) groups excluding carboxylic acids is 1. The van der Waals surface area contributed by atoms with Crippen molar-refractivity contribution in [3.63, 3.8) is 0 Å². The first kappa shape index (κ1) is 9.85. The van der Waals surface area contributed by atoms with Gasteiger partial charge in [-0.3, -0.25) is 4.79 Å². The normalized spacial score (nSPS) is 22.6. The average molecular weight is 184 g/mol. The Balaban J connectivity index is 2.06. The molecule has 0 radical (unpaired) electrons. The largest absolute Gasteiger partial charge is 0.288 e. The smallest absolute Gasteiger partial charge is 0.185 e. The van der Waals surface area contributed by atoms with Crippen LogP contribution in [0, 0.1) is 5.92 Å². The molecule has 0 N–H and O–H groups in total. The van der Waals surface area contributed by atoms with E-state index in [1.807, 2.05) is 0 Å². The molecular weight excluding hydrogens is 168 g/mol. The van der Waals surface area contributed by atoms with E-state index in [-0.39, 0.29) is 5.12 Å². The fourth-order valence-corrected chi connectivity index (χ4v) is 2.23. The summed E-state index contributed by atoms with van der Waals surface area (Å²) in [6.07, 6.45) is 9.50. The number of carbonyl (C=O) groups is 1. The van der Waals surface area contributed by atoms with Crippen LogP contribution in [0.15, 0.2) is 12.2 Å². The van der Waals surface area contributed by atoms with Crippen molar-refractivity contribution in [2.45, 2.75) is 32.6 Å². The molecule has 0 amide bonds. The summed E-state index contributed by atoms with van der Waals surface area (Å²) in [7, 11) is 0. The Labute approximate surface area is 78.6 Å². The molecular formula is C10H16OS. The third-order valence-electron chi connectivity index (χ3n) is 2.21. The van der Waals surface area contributed by atoms with E-state index in [1.54, 1.807) is 6.92 Å². The lowest BCUT2D eigenvalue weighted by Crippen LogP contribution is -2.04. The van der Waals surface area contributed by atoms with Crippen LogP contribution in [0.5, 0.6) is 0 Å². The van der Waals surface area contributed by atoms with Crippen molar-refractivity contribution >= 4 is 16.9 Å². The predicted molar refractivity (Wildman–Crippen MR) is 54.2 cm³/mol. The Bertz CT molecular complexity index is 175. The van der Waals surface area contributed by atoms with E-state index in [0.29, 0.717) is 0 Å². The first-order chi connectivity index (χ1) is 5.79. The minimum Gasteiger partial charge on any atom is -0.288 e. The van der Waals surface area contributed by atoms with Crippen molar-refractivity contribution in [2.75, 3.05) is 5.75 Å². The predicted octanol–water partition coefficient (Wildman–Crippen LogP) is 3.01. The maximum Gasteiger partial charge on any atom is 0.185 e. The molecule has 1 rings (SSSR count). The molecule has 1 aliphatic carbocycles. The standard InChI is InChI=1S/C10H16OS/c1-9(11)12-8-7-10-5-3-2-4-6-10/h2-3,10H,4-8H2,1H3/t10-/m0/s1. The van der Waals surface area contributed by atoms with E-state index in [9.17, 15) is 4.79 Å². The molecule has 0 aromatic carbocycles.